The summed E-state index contributed by atoms with van der Waals surface area (Å²) >= 11 is 6.23. The van der Waals surface area contributed by atoms with Crippen molar-refractivity contribution in [1.82, 2.24) is 10.2 Å². The number of rotatable bonds is 10. The van der Waals surface area contributed by atoms with Crippen LogP contribution in [0.4, 0.5) is 0 Å². The van der Waals surface area contributed by atoms with Crippen LogP contribution in [0.15, 0.2) is 78.9 Å². The Morgan fingerprint density at radius 3 is 2.19 bits per heavy atom. The van der Waals surface area contributed by atoms with Gasteiger partial charge in [-0.15, -0.1) is 0 Å². The molecule has 0 aliphatic rings. The van der Waals surface area contributed by atoms with Gasteiger partial charge in [0, 0.05) is 23.5 Å². The van der Waals surface area contributed by atoms with Gasteiger partial charge in [0.25, 0.3) is 5.91 Å². The van der Waals surface area contributed by atoms with Crippen LogP contribution in [0.5, 0.6) is 5.75 Å². The molecule has 36 heavy (non-hydrogen) atoms. The molecule has 0 fully saturated rings. The summed E-state index contributed by atoms with van der Waals surface area (Å²) in [5.41, 5.74) is 2.54. The largest absolute Gasteiger partial charge is 0.484 e. The van der Waals surface area contributed by atoms with Gasteiger partial charge in [0.15, 0.2) is 6.61 Å². The van der Waals surface area contributed by atoms with Crippen molar-refractivity contribution in [3.63, 3.8) is 0 Å². The van der Waals surface area contributed by atoms with Gasteiger partial charge in [-0.2, -0.15) is 0 Å². The third-order valence-electron chi connectivity index (χ3n) is 5.71. The van der Waals surface area contributed by atoms with Crippen molar-refractivity contribution in [3.8, 4) is 5.75 Å². The summed E-state index contributed by atoms with van der Waals surface area (Å²) in [4.78, 5) is 28.8. The first-order valence-corrected chi connectivity index (χ1v) is 12.6. The molecule has 0 heterocycles. The Labute approximate surface area is 219 Å². The van der Waals surface area contributed by atoms with Crippen LogP contribution in [0.1, 0.15) is 44.4 Å². The number of amides is 2. The average molecular weight is 507 g/mol. The normalized spacial score (nSPS) is 12.0. The molecule has 0 unspecified atom stereocenters. The molecule has 1 atom stereocenters. The van der Waals surface area contributed by atoms with Crippen molar-refractivity contribution in [1.29, 1.82) is 0 Å². The number of carbonyl (C=O) groups excluding carboxylic acids is 2. The zero-order valence-corrected chi connectivity index (χ0v) is 22.2. The molecule has 190 valence electrons. The van der Waals surface area contributed by atoms with Crippen molar-refractivity contribution in [2.75, 3.05) is 6.61 Å². The van der Waals surface area contributed by atoms with Gasteiger partial charge in [0.05, 0.1) is 0 Å². The molecule has 0 aliphatic heterocycles. The maximum Gasteiger partial charge on any atom is 0.261 e. The van der Waals surface area contributed by atoms with E-state index in [-0.39, 0.29) is 25.0 Å². The molecule has 0 aliphatic carbocycles. The number of hydrogen-bond donors (Lipinski definition) is 1. The standard InChI is InChI=1S/C30H35ClN2O3/c1-5-22-14-16-26(17-15-22)36-21-28(34)33(20-24-12-9-13-25(31)18-24)27(29(35)32-30(2,3)4)19-23-10-7-6-8-11-23/h6-18,27H,5,19-21H2,1-4H3,(H,32,35)/t27-/m1/s1. The highest BCUT2D eigenvalue weighted by Gasteiger charge is 2.32. The van der Waals surface area contributed by atoms with Gasteiger partial charge >= 0.3 is 0 Å². The van der Waals surface area contributed by atoms with E-state index in [1.54, 1.807) is 11.0 Å². The predicted octanol–water partition coefficient (Wildman–Crippen LogP) is 5.84. The molecule has 0 saturated carbocycles. The smallest absolute Gasteiger partial charge is 0.261 e. The molecule has 1 N–H and O–H groups in total. The number of benzene rings is 3. The zero-order chi connectivity index (χ0) is 26.1. The van der Waals surface area contributed by atoms with Crippen molar-refractivity contribution in [2.45, 2.75) is 58.7 Å². The van der Waals surface area contributed by atoms with E-state index >= 15 is 0 Å². The van der Waals surface area contributed by atoms with Crippen molar-refractivity contribution in [3.05, 3.63) is 101 Å². The maximum atomic E-state index is 13.6. The zero-order valence-electron chi connectivity index (χ0n) is 21.5. The number of ether oxygens (including phenoxy) is 1. The summed E-state index contributed by atoms with van der Waals surface area (Å²) in [5.74, 6) is 0.121. The lowest BCUT2D eigenvalue weighted by molar-refractivity contribution is -0.143. The van der Waals surface area contributed by atoms with Crippen LogP contribution in [-0.2, 0) is 29.0 Å². The summed E-state index contributed by atoms with van der Waals surface area (Å²) in [5, 5.41) is 3.63. The number of halogens is 1. The summed E-state index contributed by atoms with van der Waals surface area (Å²) in [6.45, 7) is 7.92. The van der Waals surface area contributed by atoms with E-state index in [2.05, 4.69) is 12.2 Å². The van der Waals surface area contributed by atoms with Crippen LogP contribution in [0, 0.1) is 0 Å². The van der Waals surface area contributed by atoms with E-state index in [0.717, 1.165) is 17.5 Å². The minimum atomic E-state index is -0.732. The van der Waals surface area contributed by atoms with Crippen LogP contribution in [0.3, 0.4) is 0 Å². The fraction of sp³-hybridized carbons (Fsp3) is 0.333. The minimum Gasteiger partial charge on any atom is -0.484 e. The lowest BCUT2D eigenvalue weighted by atomic mass is 10.0. The van der Waals surface area contributed by atoms with Crippen LogP contribution in [0.25, 0.3) is 0 Å². The average Bonchev–Trinajstić information content (AvgIpc) is 2.84. The second-order valence-corrected chi connectivity index (χ2v) is 10.3. The molecular weight excluding hydrogens is 472 g/mol. The SMILES string of the molecule is CCc1ccc(OCC(=O)N(Cc2cccc(Cl)c2)[C@H](Cc2ccccc2)C(=O)NC(C)(C)C)cc1. The minimum absolute atomic E-state index is 0.180. The van der Waals surface area contributed by atoms with Gasteiger partial charge in [-0.05, 0) is 68.1 Å². The molecule has 0 saturated heterocycles. The van der Waals surface area contributed by atoms with E-state index in [9.17, 15) is 9.59 Å². The molecule has 5 nitrogen and oxygen atoms in total. The monoisotopic (exact) mass is 506 g/mol. The molecule has 3 aromatic carbocycles. The molecular formula is C30H35ClN2O3. The first-order valence-electron chi connectivity index (χ1n) is 12.3. The predicted molar refractivity (Wildman–Crippen MR) is 145 cm³/mol. The number of hydrogen-bond acceptors (Lipinski definition) is 3. The van der Waals surface area contributed by atoms with Gasteiger partial charge in [0.1, 0.15) is 11.8 Å². The summed E-state index contributed by atoms with van der Waals surface area (Å²) < 4.78 is 5.84. The van der Waals surface area contributed by atoms with Gasteiger partial charge in [0.2, 0.25) is 5.91 Å². The Balaban J connectivity index is 1.91. The maximum absolute atomic E-state index is 13.6. The van der Waals surface area contributed by atoms with Gasteiger partial charge in [-0.1, -0.05) is 73.1 Å². The highest BCUT2D eigenvalue weighted by atomic mass is 35.5. The summed E-state index contributed by atoms with van der Waals surface area (Å²) in [7, 11) is 0. The highest BCUT2D eigenvalue weighted by Crippen LogP contribution is 2.19. The Hall–Kier alpha value is -3.31. The fourth-order valence-corrected chi connectivity index (χ4v) is 4.10. The quantitative estimate of drug-likeness (QED) is 0.376. The lowest BCUT2D eigenvalue weighted by Gasteiger charge is -2.33. The summed E-state index contributed by atoms with van der Waals surface area (Å²) in [6.07, 6.45) is 1.30. The number of nitrogens with one attached hydrogen (secondary N) is 1. The molecule has 6 heteroatoms. The van der Waals surface area contributed by atoms with E-state index in [0.29, 0.717) is 17.2 Å². The lowest BCUT2D eigenvalue weighted by Crippen LogP contribution is -2.55. The molecule has 0 radical (unpaired) electrons. The van der Waals surface area contributed by atoms with Crippen LogP contribution in [0.2, 0.25) is 5.02 Å². The third kappa shape index (κ3) is 8.42. The van der Waals surface area contributed by atoms with Crippen molar-refractivity contribution in [2.24, 2.45) is 0 Å². The van der Waals surface area contributed by atoms with Crippen molar-refractivity contribution >= 4 is 23.4 Å². The van der Waals surface area contributed by atoms with E-state index < -0.39 is 11.6 Å². The summed E-state index contributed by atoms with van der Waals surface area (Å²) in [6, 6.07) is 24.0. The van der Waals surface area contributed by atoms with Crippen molar-refractivity contribution < 1.29 is 14.3 Å². The number of carbonyl (C=O) groups is 2. The number of nitrogens with zero attached hydrogens (tertiary/aromatic N) is 1. The van der Waals surface area contributed by atoms with E-state index in [1.807, 2.05) is 93.6 Å². The Morgan fingerprint density at radius 1 is 0.917 bits per heavy atom. The molecule has 3 rings (SSSR count). The first-order chi connectivity index (χ1) is 17.1. The van der Waals surface area contributed by atoms with Crippen LogP contribution < -0.4 is 10.1 Å². The Kier molecular flexibility index (Phi) is 9.54. The van der Waals surface area contributed by atoms with Gasteiger partial charge in [-0.25, -0.2) is 0 Å². The third-order valence-corrected chi connectivity index (χ3v) is 5.94. The number of aryl methyl sites for hydroxylation is 1. The Morgan fingerprint density at radius 2 is 1.58 bits per heavy atom. The van der Waals surface area contributed by atoms with Crippen LogP contribution >= 0.6 is 11.6 Å². The van der Waals surface area contributed by atoms with Gasteiger partial charge in [-0.3, -0.25) is 9.59 Å². The van der Waals surface area contributed by atoms with E-state index in [4.69, 9.17) is 16.3 Å². The second-order valence-electron chi connectivity index (χ2n) is 9.88. The van der Waals surface area contributed by atoms with E-state index in [1.165, 1.54) is 5.56 Å². The molecule has 2 amide bonds. The van der Waals surface area contributed by atoms with Gasteiger partial charge < -0.3 is 15.0 Å². The van der Waals surface area contributed by atoms with Crippen LogP contribution in [-0.4, -0.2) is 34.9 Å². The first kappa shape index (κ1) is 27.3. The topological polar surface area (TPSA) is 58.6 Å². The fourth-order valence-electron chi connectivity index (χ4n) is 3.89. The molecule has 0 bridgehead atoms. The molecule has 0 spiro atoms. The highest BCUT2D eigenvalue weighted by molar-refractivity contribution is 6.30. The Bertz CT molecular complexity index is 1140. The molecule has 0 aromatic heterocycles. The molecule has 3 aromatic rings. The second kappa shape index (κ2) is 12.6.